The van der Waals surface area contributed by atoms with E-state index in [4.69, 9.17) is 18.9 Å². The summed E-state index contributed by atoms with van der Waals surface area (Å²) in [4.78, 5) is 21.7. The first-order valence-corrected chi connectivity index (χ1v) is 20.7. The molecule has 4 rings (SSSR count). The zero-order valence-electron chi connectivity index (χ0n) is 33.3. The molecule has 0 aliphatic heterocycles. The van der Waals surface area contributed by atoms with Gasteiger partial charge in [-0.25, -0.2) is 4.79 Å². The highest BCUT2D eigenvalue weighted by Crippen LogP contribution is 2.21. The van der Waals surface area contributed by atoms with Gasteiger partial charge in [0, 0.05) is 12.4 Å². The van der Waals surface area contributed by atoms with E-state index in [2.05, 4.69) is 23.8 Å². The Morgan fingerprint density at radius 2 is 0.782 bits per heavy atom. The maximum absolute atomic E-state index is 12.5. The van der Waals surface area contributed by atoms with E-state index in [9.17, 15) is 4.79 Å². The van der Waals surface area contributed by atoms with Crippen LogP contribution in [0, 0.1) is 0 Å². The Morgan fingerprint density at radius 1 is 0.436 bits per heavy atom. The van der Waals surface area contributed by atoms with Gasteiger partial charge in [0.25, 0.3) is 0 Å². The van der Waals surface area contributed by atoms with E-state index in [1.165, 1.54) is 64.2 Å². The van der Waals surface area contributed by atoms with Gasteiger partial charge in [0.05, 0.1) is 43.4 Å². The fraction of sp³-hybridized carbons (Fsp3) is 0.438. The van der Waals surface area contributed by atoms with Crippen LogP contribution in [-0.4, -0.2) is 44.8 Å². The smallest absolute Gasteiger partial charge is 0.338 e. The average molecular weight is 747 g/mol. The van der Waals surface area contributed by atoms with Gasteiger partial charge in [-0.1, -0.05) is 90.2 Å². The second-order valence-electron chi connectivity index (χ2n) is 14.0. The van der Waals surface area contributed by atoms with Gasteiger partial charge in [-0.3, -0.25) is 9.98 Å². The average Bonchev–Trinajstić information content (AvgIpc) is 3.22. The predicted molar refractivity (Wildman–Crippen MR) is 228 cm³/mol. The molecule has 0 bridgehead atoms. The van der Waals surface area contributed by atoms with E-state index in [-0.39, 0.29) is 5.97 Å². The van der Waals surface area contributed by atoms with Gasteiger partial charge in [-0.15, -0.1) is 0 Å². The van der Waals surface area contributed by atoms with Gasteiger partial charge in [0.2, 0.25) is 0 Å². The van der Waals surface area contributed by atoms with E-state index < -0.39 is 0 Å². The first-order chi connectivity index (χ1) is 27.1. The molecule has 7 nitrogen and oxygen atoms in total. The minimum absolute atomic E-state index is 0.315. The Bertz CT molecular complexity index is 1650. The molecule has 0 aliphatic rings. The van der Waals surface area contributed by atoms with E-state index in [1.807, 2.05) is 91.1 Å². The molecule has 55 heavy (non-hydrogen) atoms. The fourth-order valence-electron chi connectivity index (χ4n) is 5.87. The molecular weight excluding hydrogens is 685 g/mol. The summed E-state index contributed by atoms with van der Waals surface area (Å²) in [5.74, 6) is 2.27. The summed E-state index contributed by atoms with van der Waals surface area (Å²) < 4.78 is 23.1. The lowest BCUT2D eigenvalue weighted by Crippen LogP contribution is -2.07. The molecule has 0 aliphatic carbocycles. The zero-order chi connectivity index (χ0) is 38.6. The van der Waals surface area contributed by atoms with Crippen molar-refractivity contribution in [2.24, 2.45) is 9.98 Å². The maximum Gasteiger partial charge on any atom is 0.338 e. The molecule has 0 N–H and O–H groups in total. The zero-order valence-corrected chi connectivity index (χ0v) is 33.3. The molecule has 4 aromatic carbocycles. The molecule has 0 aromatic heterocycles. The van der Waals surface area contributed by atoms with Gasteiger partial charge in [0.1, 0.15) is 17.2 Å². The molecule has 0 saturated heterocycles. The number of benzene rings is 4. The van der Waals surface area contributed by atoms with Crippen LogP contribution < -0.4 is 14.2 Å². The van der Waals surface area contributed by atoms with Crippen molar-refractivity contribution in [1.82, 2.24) is 0 Å². The van der Waals surface area contributed by atoms with Crippen molar-refractivity contribution in [2.45, 2.75) is 110 Å². The number of esters is 1. The third-order valence-corrected chi connectivity index (χ3v) is 9.25. The molecular formula is C48H62N2O5. The van der Waals surface area contributed by atoms with Crippen molar-refractivity contribution in [1.29, 1.82) is 0 Å². The molecule has 0 saturated carbocycles. The Labute approximate surface area is 330 Å². The highest BCUT2D eigenvalue weighted by molar-refractivity contribution is 5.91. The Hall–Kier alpha value is -4.91. The van der Waals surface area contributed by atoms with Gasteiger partial charge < -0.3 is 18.9 Å². The Kier molecular flexibility index (Phi) is 20.9. The predicted octanol–water partition coefficient (Wildman–Crippen LogP) is 13.1. The normalized spacial score (nSPS) is 11.3. The summed E-state index contributed by atoms with van der Waals surface area (Å²) in [6, 6.07) is 31.0. The lowest BCUT2D eigenvalue weighted by atomic mass is 10.1. The van der Waals surface area contributed by atoms with Crippen molar-refractivity contribution >= 4 is 29.8 Å². The molecule has 0 spiro atoms. The third kappa shape index (κ3) is 18.3. The molecule has 7 heteroatoms. The van der Waals surface area contributed by atoms with Crippen LogP contribution in [0.15, 0.2) is 107 Å². The molecule has 0 amide bonds. The number of carbonyl (C=O) groups is 1. The molecule has 0 unspecified atom stereocenters. The summed E-state index contributed by atoms with van der Waals surface area (Å²) >= 11 is 0. The lowest BCUT2D eigenvalue weighted by molar-refractivity contribution is 0.0497. The Morgan fingerprint density at radius 3 is 1.22 bits per heavy atom. The number of hydrogen-bond donors (Lipinski definition) is 0. The van der Waals surface area contributed by atoms with Crippen molar-refractivity contribution < 1.29 is 23.7 Å². The monoisotopic (exact) mass is 746 g/mol. The second-order valence-corrected chi connectivity index (χ2v) is 14.0. The number of ether oxygens (including phenoxy) is 4. The molecule has 294 valence electrons. The van der Waals surface area contributed by atoms with Crippen molar-refractivity contribution in [2.75, 3.05) is 26.4 Å². The van der Waals surface area contributed by atoms with Crippen molar-refractivity contribution in [3.05, 3.63) is 114 Å². The first kappa shape index (κ1) is 42.8. The van der Waals surface area contributed by atoms with E-state index in [0.717, 1.165) is 85.1 Å². The number of unbranched alkanes of at least 4 members (excludes halogenated alkanes) is 12. The van der Waals surface area contributed by atoms with Gasteiger partial charge in [-0.05, 0) is 128 Å². The molecule has 4 aromatic rings. The van der Waals surface area contributed by atoms with Gasteiger partial charge in [0.15, 0.2) is 0 Å². The molecule has 0 fully saturated rings. The third-order valence-electron chi connectivity index (χ3n) is 9.25. The second kappa shape index (κ2) is 26.8. The minimum Gasteiger partial charge on any atom is -0.494 e. The van der Waals surface area contributed by atoms with Crippen LogP contribution in [0.2, 0.25) is 0 Å². The number of carbonyl (C=O) groups excluding carboxylic acids is 1. The lowest BCUT2D eigenvalue weighted by Gasteiger charge is -2.07. The number of rotatable bonds is 28. The summed E-state index contributed by atoms with van der Waals surface area (Å²) in [7, 11) is 0. The quantitative estimate of drug-likeness (QED) is 0.0328. The van der Waals surface area contributed by atoms with Crippen LogP contribution >= 0.6 is 0 Å². The first-order valence-electron chi connectivity index (χ1n) is 20.7. The maximum atomic E-state index is 12.5. The number of nitrogens with zero attached hydrogens (tertiary/aromatic N) is 2. The summed E-state index contributed by atoms with van der Waals surface area (Å²) in [5.41, 5.74) is 4.18. The molecule has 0 heterocycles. The minimum atomic E-state index is -0.315. The van der Waals surface area contributed by atoms with Crippen LogP contribution in [0.1, 0.15) is 132 Å². The van der Waals surface area contributed by atoms with E-state index in [0.29, 0.717) is 18.8 Å². The molecule has 0 radical (unpaired) electrons. The highest BCUT2D eigenvalue weighted by Gasteiger charge is 2.07. The van der Waals surface area contributed by atoms with E-state index >= 15 is 0 Å². The summed E-state index contributed by atoms with van der Waals surface area (Å²) in [6.45, 7) is 6.98. The van der Waals surface area contributed by atoms with Crippen molar-refractivity contribution in [3.8, 4) is 17.2 Å². The standard InChI is InChI=1S/C48H62N2O5/c1-3-5-7-9-11-14-34-53-46-30-24-43(25-31-46)49-38-40-18-22-42(23-19-40)48(51)55-37-17-13-16-36-52-45-28-20-41(21-29-45)39-50-44-26-32-47(33-27-44)54-35-15-12-10-8-6-4-2/h18-33,38-39H,3-17,34-37H2,1-2H3. The number of hydrogen-bond acceptors (Lipinski definition) is 7. The van der Waals surface area contributed by atoms with Crippen LogP contribution in [0.5, 0.6) is 17.2 Å². The molecule has 0 atom stereocenters. The van der Waals surface area contributed by atoms with Crippen molar-refractivity contribution in [3.63, 3.8) is 0 Å². The van der Waals surface area contributed by atoms with E-state index in [1.54, 1.807) is 18.3 Å². The SMILES string of the molecule is CCCCCCCCOc1ccc(N=Cc2ccc(OCCCCCOC(=O)c3ccc(C=Nc4ccc(OCCCCCCCC)cc4)cc3)cc2)cc1. The van der Waals surface area contributed by atoms with Gasteiger partial charge >= 0.3 is 5.97 Å². The topological polar surface area (TPSA) is 78.7 Å². The Balaban J connectivity index is 1.03. The fourth-order valence-corrected chi connectivity index (χ4v) is 5.87. The van der Waals surface area contributed by atoms with Crippen LogP contribution in [0.25, 0.3) is 0 Å². The highest BCUT2D eigenvalue weighted by atomic mass is 16.5. The van der Waals surface area contributed by atoms with Crippen LogP contribution in [-0.2, 0) is 4.74 Å². The van der Waals surface area contributed by atoms with Crippen LogP contribution in [0.3, 0.4) is 0 Å². The van der Waals surface area contributed by atoms with Crippen LogP contribution in [0.4, 0.5) is 11.4 Å². The number of aliphatic imine (C=N–C) groups is 2. The summed E-state index contributed by atoms with van der Waals surface area (Å²) in [5, 5.41) is 0. The largest absolute Gasteiger partial charge is 0.494 e. The summed E-state index contributed by atoms with van der Waals surface area (Å²) in [6.07, 6.45) is 21.3. The van der Waals surface area contributed by atoms with Gasteiger partial charge in [-0.2, -0.15) is 0 Å².